The number of likely N-dealkylation sites (tertiary alicyclic amines) is 1. The number of nitrogens with zero attached hydrogens (tertiary/aromatic N) is 2. The Labute approximate surface area is 188 Å². The SMILES string of the molecule is CN(C(=O)OC(C)(C)C)C1CC[C@@H](CN2CCC(CCCc3ccc(F)cc3)CC2)C1. The van der Waals surface area contributed by atoms with Gasteiger partial charge in [0.1, 0.15) is 11.4 Å². The lowest BCUT2D eigenvalue weighted by molar-refractivity contribution is 0.0222. The molecule has 1 aromatic rings. The number of amides is 1. The van der Waals surface area contributed by atoms with Gasteiger partial charge in [-0.15, -0.1) is 0 Å². The second kappa shape index (κ2) is 10.8. The minimum absolute atomic E-state index is 0.152. The average molecular weight is 433 g/mol. The van der Waals surface area contributed by atoms with E-state index in [1.165, 1.54) is 57.3 Å². The van der Waals surface area contributed by atoms with Crippen LogP contribution in [0, 0.1) is 17.7 Å². The molecule has 1 unspecified atom stereocenters. The van der Waals surface area contributed by atoms with Crippen molar-refractivity contribution >= 4 is 6.09 Å². The second-order valence-corrected chi connectivity index (χ2v) is 10.7. The third kappa shape index (κ3) is 7.78. The molecule has 2 atom stereocenters. The first kappa shape index (κ1) is 24.0. The summed E-state index contributed by atoms with van der Waals surface area (Å²) in [6.45, 7) is 9.32. The van der Waals surface area contributed by atoms with E-state index in [0.29, 0.717) is 12.0 Å². The molecule has 1 saturated heterocycles. The number of rotatable bonds is 7. The first-order valence-corrected chi connectivity index (χ1v) is 12.1. The highest BCUT2D eigenvalue weighted by Gasteiger charge is 2.33. The maximum Gasteiger partial charge on any atom is 0.410 e. The van der Waals surface area contributed by atoms with Crippen molar-refractivity contribution in [1.82, 2.24) is 9.80 Å². The molecule has 1 aromatic carbocycles. The number of ether oxygens (including phenoxy) is 1. The maximum atomic E-state index is 13.0. The van der Waals surface area contributed by atoms with Gasteiger partial charge in [0.15, 0.2) is 0 Å². The summed E-state index contributed by atoms with van der Waals surface area (Å²) >= 11 is 0. The van der Waals surface area contributed by atoms with E-state index < -0.39 is 5.60 Å². The number of carbonyl (C=O) groups is 1. The molecule has 0 bridgehead atoms. The Morgan fingerprint density at radius 3 is 2.42 bits per heavy atom. The summed E-state index contributed by atoms with van der Waals surface area (Å²) in [5.74, 6) is 1.36. The van der Waals surface area contributed by atoms with Crippen molar-refractivity contribution in [2.24, 2.45) is 11.8 Å². The van der Waals surface area contributed by atoms with Crippen LogP contribution in [-0.2, 0) is 11.2 Å². The van der Waals surface area contributed by atoms with Gasteiger partial charge >= 0.3 is 6.09 Å². The van der Waals surface area contributed by atoms with E-state index in [2.05, 4.69) is 4.90 Å². The van der Waals surface area contributed by atoms with Gasteiger partial charge in [-0.25, -0.2) is 9.18 Å². The van der Waals surface area contributed by atoms with Gasteiger partial charge in [-0.2, -0.15) is 0 Å². The fourth-order valence-corrected chi connectivity index (χ4v) is 5.12. The molecule has 0 radical (unpaired) electrons. The largest absolute Gasteiger partial charge is 0.444 e. The summed E-state index contributed by atoms with van der Waals surface area (Å²) in [5, 5.41) is 0. The zero-order chi connectivity index (χ0) is 22.4. The number of hydrogen-bond acceptors (Lipinski definition) is 3. The summed E-state index contributed by atoms with van der Waals surface area (Å²) in [4.78, 5) is 16.8. The molecular weight excluding hydrogens is 391 g/mol. The third-order valence-corrected chi connectivity index (χ3v) is 6.96. The van der Waals surface area contributed by atoms with Crippen molar-refractivity contribution in [1.29, 1.82) is 0 Å². The normalized spacial score (nSPS) is 23.1. The van der Waals surface area contributed by atoms with E-state index >= 15 is 0 Å². The van der Waals surface area contributed by atoms with Gasteiger partial charge in [-0.3, -0.25) is 0 Å². The van der Waals surface area contributed by atoms with Gasteiger partial charge in [0.2, 0.25) is 0 Å². The summed E-state index contributed by atoms with van der Waals surface area (Å²) in [7, 11) is 1.89. The van der Waals surface area contributed by atoms with Crippen LogP contribution in [0.4, 0.5) is 9.18 Å². The van der Waals surface area contributed by atoms with E-state index in [4.69, 9.17) is 4.74 Å². The molecule has 174 valence electrons. The Balaban J connectivity index is 1.32. The Morgan fingerprint density at radius 2 is 1.77 bits per heavy atom. The number of carbonyl (C=O) groups excluding carboxylic acids is 1. The van der Waals surface area contributed by atoms with Crippen molar-refractivity contribution in [2.45, 2.75) is 83.8 Å². The zero-order valence-corrected chi connectivity index (χ0v) is 19.9. The molecule has 0 spiro atoms. The Kier molecular flexibility index (Phi) is 8.37. The lowest BCUT2D eigenvalue weighted by atomic mass is 9.90. The molecule has 1 aliphatic carbocycles. The highest BCUT2D eigenvalue weighted by atomic mass is 19.1. The number of benzene rings is 1. The van der Waals surface area contributed by atoms with Crippen LogP contribution >= 0.6 is 0 Å². The molecule has 0 N–H and O–H groups in total. The van der Waals surface area contributed by atoms with Crippen LogP contribution in [-0.4, -0.2) is 54.2 Å². The van der Waals surface area contributed by atoms with E-state index in [9.17, 15) is 9.18 Å². The molecule has 1 saturated carbocycles. The second-order valence-electron chi connectivity index (χ2n) is 10.7. The molecule has 1 amide bonds. The van der Waals surface area contributed by atoms with E-state index in [1.54, 1.807) is 12.1 Å². The summed E-state index contributed by atoms with van der Waals surface area (Å²) in [6.07, 6.45) is 9.28. The van der Waals surface area contributed by atoms with Crippen molar-refractivity contribution in [3.8, 4) is 0 Å². The van der Waals surface area contributed by atoms with Gasteiger partial charge in [-0.05, 0) is 108 Å². The van der Waals surface area contributed by atoms with Gasteiger partial charge in [-0.1, -0.05) is 18.6 Å². The summed E-state index contributed by atoms with van der Waals surface area (Å²) in [5.41, 5.74) is 0.804. The van der Waals surface area contributed by atoms with E-state index in [1.807, 2.05) is 44.9 Å². The van der Waals surface area contributed by atoms with Crippen molar-refractivity contribution in [2.75, 3.05) is 26.7 Å². The Morgan fingerprint density at radius 1 is 1.10 bits per heavy atom. The van der Waals surface area contributed by atoms with E-state index in [-0.39, 0.29) is 11.9 Å². The molecule has 2 aliphatic rings. The van der Waals surface area contributed by atoms with Crippen molar-refractivity contribution in [3.63, 3.8) is 0 Å². The lowest BCUT2D eigenvalue weighted by Crippen LogP contribution is -2.40. The highest BCUT2D eigenvalue weighted by Crippen LogP contribution is 2.32. The molecule has 1 heterocycles. The first-order chi connectivity index (χ1) is 14.7. The van der Waals surface area contributed by atoms with Gasteiger partial charge < -0.3 is 14.5 Å². The van der Waals surface area contributed by atoms with Crippen LogP contribution in [0.3, 0.4) is 0 Å². The standard InChI is InChI=1S/C26H41FN2O2/c1-26(2,3)31-25(30)28(4)24-13-10-22(18-24)19-29-16-14-21(15-17-29)7-5-6-20-8-11-23(27)12-9-20/h8-9,11-12,21-22,24H,5-7,10,13-19H2,1-4H3/t22-,24?/m1/s1. The summed E-state index contributed by atoms with van der Waals surface area (Å²) in [6, 6.07) is 7.25. The monoisotopic (exact) mass is 432 g/mol. The van der Waals surface area contributed by atoms with Gasteiger partial charge in [0.05, 0.1) is 0 Å². The molecule has 1 aliphatic heterocycles. The number of piperidine rings is 1. The zero-order valence-electron chi connectivity index (χ0n) is 19.9. The molecule has 4 nitrogen and oxygen atoms in total. The topological polar surface area (TPSA) is 32.8 Å². The fraction of sp³-hybridized carbons (Fsp3) is 0.731. The predicted molar refractivity (Wildman–Crippen MR) is 124 cm³/mol. The number of hydrogen-bond donors (Lipinski definition) is 0. The minimum Gasteiger partial charge on any atom is -0.444 e. The number of aryl methyl sites for hydroxylation is 1. The smallest absolute Gasteiger partial charge is 0.410 e. The molecule has 31 heavy (non-hydrogen) atoms. The highest BCUT2D eigenvalue weighted by molar-refractivity contribution is 5.68. The summed E-state index contributed by atoms with van der Waals surface area (Å²) < 4.78 is 18.5. The van der Waals surface area contributed by atoms with Crippen LogP contribution in [0.2, 0.25) is 0 Å². The van der Waals surface area contributed by atoms with Crippen LogP contribution in [0.15, 0.2) is 24.3 Å². The average Bonchev–Trinajstić information content (AvgIpc) is 3.17. The molecule has 2 fully saturated rings. The maximum absolute atomic E-state index is 13.0. The molecule has 0 aromatic heterocycles. The first-order valence-electron chi connectivity index (χ1n) is 12.1. The van der Waals surface area contributed by atoms with Gasteiger partial charge in [0, 0.05) is 19.6 Å². The van der Waals surface area contributed by atoms with Crippen LogP contribution in [0.25, 0.3) is 0 Å². The molecule has 3 rings (SSSR count). The molecular formula is C26H41FN2O2. The predicted octanol–water partition coefficient (Wildman–Crippen LogP) is 5.90. The van der Waals surface area contributed by atoms with Crippen molar-refractivity contribution < 1.29 is 13.9 Å². The Bertz CT molecular complexity index is 692. The van der Waals surface area contributed by atoms with Gasteiger partial charge in [0.25, 0.3) is 0 Å². The molecule has 5 heteroatoms. The lowest BCUT2D eigenvalue weighted by Gasteiger charge is -2.34. The third-order valence-electron chi connectivity index (χ3n) is 6.96. The van der Waals surface area contributed by atoms with Crippen LogP contribution in [0.5, 0.6) is 0 Å². The fourth-order valence-electron chi connectivity index (χ4n) is 5.12. The van der Waals surface area contributed by atoms with Crippen molar-refractivity contribution in [3.05, 3.63) is 35.6 Å². The number of halogens is 1. The van der Waals surface area contributed by atoms with E-state index in [0.717, 1.165) is 25.2 Å². The van der Waals surface area contributed by atoms with Crippen LogP contribution in [0.1, 0.15) is 71.3 Å². The van der Waals surface area contributed by atoms with Crippen LogP contribution < -0.4 is 0 Å². The Hall–Kier alpha value is -1.62. The quantitative estimate of drug-likeness (QED) is 0.538. The minimum atomic E-state index is -0.438.